The molecule has 1 aromatic carbocycles. The standard InChI is InChI=1S/C18H25NOS/c1-3-4-12(2)18(20)19-16-6-5-13-9-14-7-8-21-17(14)11-15(13)10-16/h9,11-12,16H,3-8,10H2,1-2H3,(H,19,20). The molecule has 1 heterocycles. The van der Waals surface area contributed by atoms with Crippen LogP contribution in [0.25, 0.3) is 0 Å². The van der Waals surface area contributed by atoms with Crippen molar-refractivity contribution in [3.8, 4) is 0 Å². The minimum absolute atomic E-state index is 0.145. The zero-order chi connectivity index (χ0) is 14.8. The third kappa shape index (κ3) is 3.28. The Morgan fingerprint density at radius 3 is 3.00 bits per heavy atom. The van der Waals surface area contributed by atoms with Gasteiger partial charge in [0.15, 0.2) is 0 Å². The van der Waals surface area contributed by atoms with Crippen molar-refractivity contribution in [2.24, 2.45) is 5.92 Å². The summed E-state index contributed by atoms with van der Waals surface area (Å²) in [6.07, 6.45) is 6.49. The molecular weight excluding hydrogens is 278 g/mol. The second-order valence-electron chi connectivity index (χ2n) is 6.47. The van der Waals surface area contributed by atoms with Crippen LogP contribution in [0.2, 0.25) is 0 Å². The summed E-state index contributed by atoms with van der Waals surface area (Å²) < 4.78 is 0. The van der Waals surface area contributed by atoms with E-state index >= 15 is 0 Å². The molecule has 1 aliphatic carbocycles. The average molecular weight is 303 g/mol. The lowest BCUT2D eigenvalue weighted by molar-refractivity contribution is -0.125. The van der Waals surface area contributed by atoms with Crippen LogP contribution in [0, 0.1) is 5.92 Å². The average Bonchev–Trinajstić information content (AvgIpc) is 2.92. The van der Waals surface area contributed by atoms with Gasteiger partial charge in [-0.3, -0.25) is 4.79 Å². The van der Waals surface area contributed by atoms with E-state index in [1.807, 2.05) is 18.7 Å². The molecule has 114 valence electrons. The molecule has 1 amide bonds. The third-order valence-electron chi connectivity index (χ3n) is 4.76. The summed E-state index contributed by atoms with van der Waals surface area (Å²) in [5, 5.41) is 3.27. The number of amides is 1. The highest BCUT2D eigenvalue weighted by Gasteiger charge is 2.24. The number of carbonyl (C=O) groups is 1. The predicted octanol–water partition coefficient (Wildman–Crippen LogP) is 3.74. The highest BCUT2D eigenvalue weighted by Crippen LogP contribution is 2.35. The van der Waals surface area contributed by atoms with Crippen molar-refractivity contribution in [3.63, 3.8) is 0 Å². The molecule has 0 radical (unpaired) electrons. The van der Waals surface area contributed by atoms with Crippen LogP contribution < -0.4 is 5.32 Å². The summed E-state index contributed by atoms with van der Waals surface area (Å²) in [5.74, 6) is 1.61. The first-order chi connectivity index (χ1) is 10.2. The van der Waals surface area contributed by atoms with Gasteiger partial charge in [-0.1, -0.05) is 26.3 Å². The van der Waals surface area contributed by atoms with Crippen molar-refractivity contribution in [1.82, 2.24) is 5.32 Å². The van der Waals surface area contributed by atoms with Gasteiger partial charge in [0, 0.05) is 22.6 Å². The summed E-state index contributed by atoms with van der Waals surface area (Å²) in [6.45, 7) is 4.18. The number of carbonyl (C=O) groups excluding carboxylic acids is 1. The number of thioether (sulfide) groups is 1. The van der Waals surface area contributed by atoms with E-state index in [0.29, 0.717) is 6.04 Å². The van der Waals surface area contributed by atoms with Gasteiger partial charge in [-0.05, 0) is 54.9 Å². The van der Waals surface area contributed by atoms with Gasteiger partial charge in [0.1, 0.15) is 0 Å². The number of benzene rings is 1. The molecular formula is C18H25NOS. The second kappa shape index (κ2) is 6.43. The first-order valence-electron chi connectivity index (χ1n) is 8.25. The maximum Gasteiger partial charge on any atom is 0.223 e. The molecule has 2 nitrogen and oxygen atoms in total. The van der Waals surface area contributed by atoms with E-state index < -0.39 is 0 Å². The minimum Gasteiger partial charge on any atom is -0.353 e. The number of hydrogen-bond donors (Lipinski definition) is 1. The van der Waals surface area contributed by atoms with Crippen molar-refractivity contribution in [2.75, 3.05) is 5.75 Å². The van der Waals surface area contributed by atoms with Crippen LogP contribution in [0.15, 0.2) is 17.0 Å². The van der Waals surface area contributed by atoms with E-state index in [-0.39, 0.29) is 11.8 Å². The molecule has 2 atom stereocenters. The van der Waals surface area contributed by atoms with Crippen molar-refractivity contribution in [1.29, 1.82) is 0 Å². The maximum atomic E-state index is 12.2. The molecule has 0 aromatic heterocycles. The lowest BCUT2D eigenvalue weighted by Gasteiger charge is -2.27. The van der Waals surface area contributed by atoms with Crippen LogP contribution >= 0.6 is 11.8 Å². The number of aryl methyl sites for hydroxylation is 2. The molecule has 21 heavy (non-hydrogen) atoms. The number of rotatable bonds is 4. The van der Waals surface area contributed by atoms with Crippen molar-refractivity contribution in [3.05, 3.63) is 28.8 Å². The Bertz CT molecular complexity index is 540. The summed E-state index contributed by atoms with van der Waals surface area (Å²) in [4.78, 5) is 13.7. The molecule has 1 N–H and O–H groups in total. The molecule has 3 heteroatoms. The fourth-order valence-electron chi connectivity index (χ4n) is 3.47. The fraction of sp³-hybridized carbons (Fsp3) is 0.611. The Morgan fingerprint density at radius 2 is 2.19 bits per heavy atom. The highest BCUT2D eigenvalue weighted by atomic mass is 32.2. The molecule has 2 aliphatic rings. The normalized spacial score (nSPS) is 21.5. The van der Waals surface area contributed by atoms with Crippen molar-refractivity contribution >= 4 is 17.7 Å². The zero-order valence-electron chi connectivity index (χ0n) is 13.1. The highest BCUT2D eigenvalue weighted by molar-refractivity contribution is 7.99. The van der Waals surface area contributed by atoms with Gasteiger partial charge in [-0.2, -0.15) is 0 Å². The molecule has 0 bridgehead atoms. The zero-order valence-corrected chi connectivity index (χ0v) is 13.9. The molecule has 2 unspecified atom stereocenters. The Balaban J connectivity index is 1.66. The van der Waals surface area contributed by atoms with Crippen LogP contribution in [-0.2, 0) is 24.1 Å². The molecule has 1 aromatic rings. The van der Waals surface area contributed by atoms with E-state index in [2.05, 4.69) is 24.4 Å². The molecule has 0 saturated heterocycles. The summed E-state index contributed by atoms with van der Waals surface area (Å²) in [5.41, 5.74) is 4.52. The Morgan fingerprint density at radius 1 is 1.33 bits per heavy atom. The van der Waals surface area contributed by atoms with Gasteiger partial charge in [-0.25, -0.2) is 0 Å². The first kappa shape index (κ1) is 15.0. The van der Waals surface area contributed by atoms with Crippen LogP contribution in [-0.4, -0.2) is 17.7 Å². The quantitative estimate of drug-likeness (QED) is 0.918. The van der Waals surface area contributed by atoms with Crippen LogP contribution in [0.1, 0.15) is 49.8 Å². The van der Waals surface area contributed by atoms with E-state index in [1.165, 1.54) is 33.8 Å². The largest absolute Gasteiger partial charge is 0.353 e. The molecule has 0 spiro atoms. The molecule has 0 saturated carbocycles. The lowest BCUT2D eigenvalue weighted by atomic mass is 9.86. The van der Waals surface area contributed by atoms with Crippen molar-refractivity contribution in [2.45, 2.75) is 63.3 Å². The number of nitrogens with one attached hydrogen (secondary N) is 1. The lowest BCUT2D eigenvalue weighted by Crippen LogP contribution is -2.41. The van der Waals surface area contributed by atoms with Gasteiger partial charge in [0.05, 0.1) is 0 Å². The van der Waals surface area contributed by atoms with E-state index in [1.54, 1.807) is 0 Å². The molecule has 3 rings (SSSR count). The smallest absolute Gasteiger partial charge is 0.223 e. The second-order valence-corrected chi connectivity index (χ2v) is 7.60. The Labute approximate surface area is 132 Å². The summed E-state index contributed by atoms with van der Waals surface area (Å²) in [6, 6.07) is 5.13. The molecule has 0 fully saturated rings. The topological polar surface area (TPSA) is 29.1 Å². The summed E-state index contributed by atoms with van der Waals surface area (Å²) >= 11 is 1.98. The minimum atomic E-state index is 0.145. The van der Waals surface area contributed by atoms with Crippen LogP contribution in [0.5, 0.6) is 0 Å². The Hall–Kier alpha value is -0.960. The van der Waals surface area contributed by atoms with E-state index in [4.69, 9.17) is 0 Å². The maximum absolute atomic E-state index is 12.2. The Kier molecular flexibility index (Phi) is 4.58. The third-order valence-corrected chi connectivity index (χ3v) is 5.86. The predicted molar refractivity (Wildman–Crippen MR) is 88.9 cm³/mol. The van der Waals surface area contributed by atoms with Crippen LogP contribution in [0.3, 0.4) is 0 Å². The van der Waals surface area contributed by atoms with E-state index in [9.17, 15) is 4.79 Å². The van der Waals surface area contributed by atoms with Gasteiger partial charge in [0.2, 0.25) is 5.91 Å². The van der Waals surface area contributed by atoms with E-state index in [0.717, 1.165) is 32.1 Å². The monoisotopic (exact) mass is 303 g/mol. The fourth-order valence-corrected chi connectivity index (χ4v) is 4.58. The van der Waals surface area contributed by atoms with Gasteiger partial charge >= 0.3 is 0 Å². The molecule has 1 aliphatic heterocycles. The number of hydrogen-bond acceptors (Lipinski definition) is 2. The van der Waals surface area contributed by atoms with Gasteiger partial charge in [-0.15, -0.1) is 11.8 Å². The first-order valence-corrected chi connectivity index (χ1v) is 9.23. The van der Waals surface area contributed by atoms with Gasteiger partial charge in [0.25, 0.3) is 0 Å². The SMILES string of the molecule is CCCC(C)C(=O)NC1CCc2cc3c(cc2C1)SCC3. The van der Waals surface area contributed by atoms with Crippen molar-refractivity contribution < 1.29 is 4.79 Å². The summed E-state index contributed by atoms with van der Waals surface area (Å²) in [7, 11) is 0. The van der Waals surface area contributed by atoms with Crippen LogP contribution in [0.4, 0.5) is 0 Å². The van der Waals surface area contributed by atoms with Gasteiger partial charge < -0.3 is 5.32 Å². The number of fused-ring (bicyclic) bond motifs is 2.